The summed E-state index contributed by atoms with van der Waals surface area (Å²) in [4.78, 5) is 13.0. The van der Waals surface area contributed by atoms with Crippen molar-refractivity contribution in [3.8, 4) is 0 Å². The topological polar surface area (TPSA) is 50.8 Å². The summed E-state index contributed by atoms with van der Waals surface area (Å²) < 4.78 is 48.2. The molecular formula is C12H19F3N2O3. The zero-order chi connectivity index (χ0) is 14.8. The maximum Gasteiger partial charge on any atom is 0.419 e. The summed E-state index contributed by atoms with van der Waals surface area (Å²) in [5.74, 6) is -0.285. The summed E-state index contributed by atoms with van der Waals surface area (Å²) in [6.07, 6.45) is -2.49. The number of nitrogens with zero attached hydrogens (tertiary/aromatic N) is 1. The molecule has 2 heterocycles. The molecule has 1 amide bonds. The Morgan fingerprint density at radius 2 is 2.20 bits per heavy atom. The molecule has 0 radical (unpaired) electrons. The monoisotopic (exact) mass is 296 g/mol. The Morgan fingerprint density at radius 3 is 2.70 bits per heavy atom. The van der Waals surface area contributed by atoms with Crippen LogP contribution in [0.2, 0.25) is 0 Å². The molecule has 5 nitrogen and oxygen atoms in total. The van der Waals surface area contributed by atoms with Crippen molar-refractivity contribution in [3.63, 3.8) is 0 Å². The average Bonchev–Trinajstić information content (AvgIpc) is 2.82. The molecule has 0 bridgehead atoms. The molecule has 20 heavy (non-hydrogen) atoms. The van der Waals surface area contributed by atoms with Crippen LogP contribution in [0.15, 0.2) is 0 Å². The minimum Gasteiger partial charge on any atom is -0.376 e. The molecule has 2 aliphatic rings. The van der Waals surface area contributed by atoms with E-state index in [9.17, 15) is 18.0 Å². The predicted octanol–water partition coefficient (Wildman–Crippen LogP) is 0.545. The fraction of sp³-hybridized carbons (Fsp3) is 0.917. The second kappa shape index (κ2) is 5.87. The Bertz CT molecular complexity index is 350. The van der Waals surface area contributed by atoms with E-state index in [1.54, 1.807) is 0 Å². The second-order valence-corrected chi connectivity index (χ2v) is 5.28. The molecule has 1 unspecified atom stereocenters. The van der Waals surface area contributed by atoms with Gasteiger partial charge in [-0.1, -0.05) is 0 Å². The van der Waals surface area contributed by atoms with E-state index in [2.05, 4.69) is 10.1 Å². The number of carbonyl (C=O) groups excluding carboxylic acids is 1. The van der Waals surface area contributed by atoms with Crippen LogP contribution in [0.25, 0.3) is 0 Å². The molecule has 1 atom stereocenters. The molecule has 2 saturated heterocycles. The van der Waals surface area contributed by atoms with Gasteiger partial charge in [0, 0.05) is 33.4 Å². The number of hydrogen-bond acceptors (Lipinski definition) is 4. The Labute approximate surface area is 115 Å². The number of alkyl halides is 3. The highest BCUT2D eigenvalue weighted by Crippen LogP contribution is 2.40. The van der Waals surface area contributed by atoms with Gasteiger partial charge in [-0.05, 0) is 12.8 Å². The Balaban J connectivity index is 1.69. The van der Waals surface area contributed by atoms with E-state index < -0.39 is 11.8 Å². The van der Waals surface area contributed by atoms with Crippen LogP contribution < -0.4 is 5.32 Å². The number of nitrogens with one attached hydrogen (secondary N) is 1. The molecule has 0 spiro atoms. The van der Waals surface area contributed by atoms with Crippen LogP contribution in [-0.2, 0) is 14.3 Å². The number of halogens is 3. The maximum absolute atomic E-state index is 12.8. The van der Waals surface area contributed by atoms with Crippen molar-refractivity contribution in [1.29, 1.82) is 0 Å². The first kappa shape index (κ1) is 15.5. The lowest BCUT2D eigenvalue weighted by Crippen LogP contribution is -2.71. The van der Waals surface area contributed by atoms with Gasteiger partial charge >= 0.3 is 6.18 Å². The van der Waals surface area contributed by atoms with Crippen LogP contribution in [-0.4, -0.2) is 68.6 Å². The summed E-state index contributed by atoms with van der Waals surface area (Å²) in [5.41, 5.74) is -2.12. The highest BCUT2D eigenvalue weighted by Gasteiger charge is 2.62. The zero-order valence-corrected chi connectivity index (χ0v) is 11.3. The largest absolute Gasteiger partial charge is 0.419 e. The van der Waals surface area contributed by atoms with E-state index in [0.717, 1.165) is 20.0 Å². The lowest BCUT2D eigenvalue weighted by atomic mass is 9.93. The first-order valence-electron chi connectivity index (χ1n) is 6.59. The number of methoxy groups -OCH3 is 1. The zero-order valence-electron chi connectivity index (χ0n) is 11.3. The van der Waals surface area contributed by atoms with Crippen molar-refractivity contribution in [2.75, 3.05) is 39.9 Å². The van der Waals surface area contributed by atoms with Crippen molar-refractivity contribution < 1.29 is 27.4 Å². The molecule has 116 valence electrons. The Kier molecular flexibility index (Phi) is 4.55. The van der Waals surface area contributed by atoms with Crippen LogP contribution in [0, 0.1) is 0 Å². The van der Waals surface area contributed by atoms with Crippen LogP contribution in [0.1, 0.15) is 12.8 Å². The molecule has 1 N–H and O–H groups in total. The molecule has 0 aromatic heterocycles. The number of hydrogen-bond donors (Lipinski definition) is 1. The quantitative estimate of drug-likeness (QED) is 0.805. The molecular weight excluding hydrogens is 277 g/mol. The average molecular weight is 296 g/mol. The normalized spacial score (nSPS) is 26.3. The summed E-state index contributed by atoms with van der Waals surface area (Å²) >= 11 is 0. The van der Waals surface area contributed by atoms with E-state index in [1.165, 1.54) is 4.90 Å². The van der Waals surface area contributed by atoms with Gasteiger partial charge < -0.3 is 14.8 Å². The standard InChI is InChI=1S/C12H19F3N2O3/c1-19-11(12(13,14)15)7-17(8-11)6-10(18)16-5-9-3-2-4-20-9/h9H,2-8H2,1H3,(H,16,18). The smallest absolute Gasteiger partial charge is 0.376 e. The number of amides is 1. The minimum absolute atomic E-state index is 0.0311. The van der Waals surface area contributed by atoms with E-state index in [4.69, 9.17) is 4.74 Å². The minimum atomic E-state index is -4.41. The number of ether oxygens (including phenoxy) is 2. The summed E-state index contributed by atoms with van der Waals surface area (Å²) in [7, 11) is 1.04. The van der Waals surface area contributed by atoms with Crippen LogP contribution in [0.4, 0.5) is 13.2 Å². The van der Waals surface area contributed by atoms with Crippen molar-refractivity contribution in [3.05, 3.63) is 0 Å². The van der Waals surface area contributed by atoms with Crippen molar-refractivity contribution in [2.45, 2.75) is 30.7 Å². The first-order chi connectivity index (χ1) is 9.36. The highest BCUT2D eigenvalue weighted by atomic mass is 19.4. The fourth-order valence-electron chi connectivity index (χ4n) is 2.50. The lowest BCUT2D eigenvalue weighted by Gasteiger charge is -2.49. The molecule has 0 aliphatic carbocycles. The van der Waals surface area contributed by atoms with Gasteiger partial charge in [0.05, 0.1) is 12.6 Å². The summed E-state index contributed by atoms with van der Waals surface area (Å²) in [5, 5.41) is 2.68. The van der Waals surface area contributed by atoms with Crippen molar-refractivity contribution >= 4 is 5.91 Å². The van der Waals surface area contributed by atoms with E-state index in [-0.39, 0.29) is 31.6 Å². The van der Waals surface area contributed by atoms with Crippen LogP contribution in [0.5, 0.6) is 0 Å². The number of rotatable bonds is 5. The van der Waals surface area contributed by atoms with Gasteiger partial charge in [-0.25, -0.2) is 0 Å². The van der Waals surface area contributed by atoms with E-state index in [1.807, 2.05) is 0 Å². The van der Waals surface area contributed by atoms with Gasteiger partial charge in [-0.2, -0.15) is 13.2 Å². The molecule has 0 aromatic carbocycles. The Hall–Kier alpha value is -0.860. The van der Waals surface area contributed by atoms with Crippen molar-refractivity contribution in [2.24, 2.45) is 0 Å². The van der Waals surface area contributed by atoms with Gasteiger partial charge in [-0.15, -0.1) is 0 Å². The van der Waals surface area contributed by atoms with E-state index >= 15 is 0 Å². The van der Waals surface area contributed by atoms with Gasteiger partial charge in [0.1, 0.15) is 0 Å². The molecule has 2 aliphatic heterocycles. The summed E-state index contributed by atoms with van der Waals surface area (Å²) in [6.45, 7) is 0.463. The van der Waals surface area contributed by atoms with Gasteiger partial charge in [0.15, 0.2) is 5.60 Å². The molecule has 0 aromatic rings. The molecule has 8 heteroatoms. The van der Waals surface area contributed by atoms with Crippen LogP contribution >= 0.6 is 0 Å². The third kappa shape index (κ3) is 3.24. The first-order valence-corrected chi connectivity index (χ1v) is 6.59. The molecule has 0 saturated carbocycles. The predicted molar refractivity (Wildman–Crippen MR) is 64.2 cm³/mol. The van der Waals surface area contributed by atoms with Gasteiger partial charge in [0.2, 0.25) is 5.91 Å². The maximum atomic E-state index is 12.8. The molecule has 2 fully saturated rings. The molecule has 2 rings (SSSR count). The third-order valence-corrected chi connectivity index (χ3v) is 3.78. The highest BCUT2D eigenvalue weighted by molar-refractivity contribution is 5.78. The lowest BCUT2D eigenvalue weighted by molar-refractivity contribution is -0.309. The number of carbonyl (C=O) groups is 1. The summed E-state index contributed by atoms with van der Waals surface area (Å²) in [6, 6.07) is 0. The van der Waals surface area contributed by atoms with Crippen LogP contribution in [0.3, 0.4) is 0 Å². The SMILES string of the molecule is COC1(C(F)(F)F)CN(CC(=O)NCC2CCCO2)C1. The second-order valence-electron chi connectivity index (χ2n) is 5.28. The van der Waals surface area contributed by atoms with E-state index in [0.29, 0.717) is 13.2 Å². The van der Waals surface area contributed by atoms with Gasteiger partial charge in [-0.3, -0.25) is 9.69 Å². The fourth-order valence-corrected chi connectivity index (χ4v) is 2.50. The Morgan fingerprint density at radius 1 is 1.50 bits per heavy atom. The third-order valence-electron chi connectivity index (χ3n) is 3.78. The number of likely N-dealkylation sites (tertiary alicyclic amines) is 1. The van der Waals surface area contributed by atoms with Crippen molar-refractivity contribution in [1.82, 2.24) is 10.2 Å². The van der Waals surface area contributed by atoms with Gasteiger partial charge in [0.25, 0.3) is 0 Å².